The van der Waals surface area contributed by atoms with E-state index in [1.807, 2.05) is 6.07 Å². The van der Waals surface area contributed by atoms with Gasteiger partial charge in [-0.2, -0.15) is 0 Å². The van der Waals surface area contributed by atoms with Gasteiger partial charge in [0.05, 0.1) is 16.2 Å². The van der Waals surface area contributed by atoms with Crippen molar-refractivity contribution in [3.05, 3.63) is 59.2 Å². The lowest BCUT2D eigenvalue weighted by Crippen LogP contribution is -2.34. The standard InChI is InChI=1S/C22H26N2O5S2/c1-22(2)13-20(14-5-4-6-17(11-14)30(3,26)27)23-19-10-7-15(12-18(19)22)21(25)24-31(28,29)16-8-9-16/h4-7,10-12,16,20,23H,8-9,13H2,1-3H3,(H,24,25). The van der Waals surface area contributed by atoms with Gasteiger partial charge in [-0.3, -0.25) is 4.79 Å². The monoisotopic (exact) mass is 462 g/mol. The highest BCUT2D eigenvalue weighted by Crippen LogP contribution is 2.44. The number of rotatable bonds is 5. The summed E-state index contributed by atoms with van der Waals surface area (Å²) in [5, 5.41) is 2.98. The lowest BCUT2D eigenvalue weighted by atomic mass is 9.73. The van der Waals surface area contributed by atoms with E-state index in [-0.39, 0.29) is 16.4 Å². The summed E-state index contributed by atoms with van der Waals surface area (Å²) in [4.78, 5) is 12.8. The molecule has 1 unspecified atom stereocenters. The van der Waals surface area contributed by atoms with Crippen LogP contribution in [-0.2, 0) is 25.3 Å². The van der Waals surface area contributed by atoms with Crippen LogP contribution in [0.25, 0.3) is 0 Å². The molecular weight excluding hydrogens is 436 g/mol. The van der Waals surface area contributed by atoms with Crippen LogP contribution in [0.1, 0.15) is 60.6 Å². The minimum Gasteiger partial charge on any atom is -0.378 e. The second-order valence-electron chi connectivity index (χ2n) is 9.07. The molecule has 4 rings (SSSR count). The number of anilines is 1. The van der Waals surface area contributed by atoms with Crippen LogP contribution in [0.4, 0.5) is 5.69 Å². The van der Waals surface area contributed by atoms with Crippen molar-refractivity contribution in [2.24, 2.45) is 0 Å². The zero-order valence-electron chi connectivity index (χ0n) is 17.7. The molecule has 7 nitrogen and oxygen atoms in total. The molecule has 1 amide bonds. The highest BCUT2D eigenvalue weighted by atomic mass is 32.2. The normalized spacial score (nSPS) is 20.4. The molecular formula is C22H26N2O5S2. The van der Waals surface area contributed by atoms with Gasteiger partial charge in [-0.05, 0) is 66.1 Å². The molecule has 2 aromatic carbocycles. The van der Waals surface area contributed by atoms with Crippen LogP contribution in [-0.4, -0.2) is 34.2 Å². The van der Waals surface area contributed by atoms with E-state index in [2.05, 4.69) is 23.9 Å². The molecule has 0 aromatic heterocycles. The molecule has 1 saturated carbocycles. The average molecular weight is 463 g/mol. The van der Waals surface area contributed by atoms with Crippen LogP contribution in [0.5, 0.6) is 0 Å². The van der Waals surface area contributed by atoms with Crippen LogP contribution in [0.15, 0.2) is 47.4 Å². The third-order valence-corrected chi connectivity index (χ3v) is 8.87. The molecule has 1 heterocycles. The van der Waals surface area contributed by atoms with E-state index < -0.39 is 31.0 Å². The molecule has 1 fully saturated rings. The van der Waals surface area contributed by atoms with Gasteiger partial charge in [-0.1, -0.05) is 26.0 Å². The maximum atomic E-state index is 12.5. The molecule has 2 N–H and O–H groups in total. The number of sulfone groups is 1. The van der Waals surface area contributed by atoms with E-state index in [4.69, 9.17) is 0 Å². The van der Waals surface area contributed by atoms with Gasteiger partial charge in [0.25, 0.3) is 5.91 Å². The van der Waals surface area contributed by atoms with Crippen molar-refractivity contribution in [2.75, 3.05) is 11.6 Å². The molecule has 1 aliphatic carbocycles. The molecule has 0 bridgehead atoms. The molecule has 1 aliphatic heterocycles. The molecule has 9 heteroatoms. The summed E-state index contributed by atoms with van der Waals surface area (Å²) in [6.45, 7) is 4.12. The molecule has 0 saturated heterocycles. The second kappa shape index (κ2) is 7.34. The maximum Gasteiger partial charge on any atom is 0.264 e. The minimum atomic E-state index is -3.61. The number of nitrogens with one attached hydrogen (secondary N) is 2. The number of carbonyl (C=O) groups excluding carboxylic acids is 1. The first kappa shape index (κ1) is 21.8. The minimum absolute atomic E-state index is 0.0980. The highest BCUT2D eigenvalue weighted by Gasteiger charge is 2.38. The third kappa shape index (κ3) is 4.48. The van der Waals surface area contributed by atoms with Crippen LogP contribution in [0.2, 0.25) is 0 Å². The van der Waals surface area contributed by atoms with Crippen LogP contribution >= 0.6 is 0 Å². The Morgan fingerprint density at radius 3 is 2.42 bits per heavy atom. The zero-order valence-corrected chi connectivity index (χ0v) is 19.3. The Labute approximate surface area is 183 Å². The van der Waals surface area contributed by atoms with Crippen molar-refractivity contribution in [1.29, 1.82) is 0 Å². The van der Waals surface area contributed by atoms with E-state index in [1.165, 1.54) is 6.26 Å². The molecule has 2 aromatic rings. The number of hydrogen-bond acceptors (Lipinski definition) is 6. The summed E-state index contributed by atoms with van der Waals surface area (Å²) in [5.41, 5.74) is 2.61. The Balaban J connectivity index is 1.62. The van der Waals surface area contributed by atoms with Crippen LogP contribution < -0.4 is 10.0 Å². The van der Waals surface area contributed by atoms with Gasteiger partial charge in [-0.25, -0.2) is 21.6 Å². The summed E-state index contributed by atoms with van der Waals surface area (Å²) < 4.78 is 50.3. The van der Waals surface area contributed by atoms with Gasteiger partial charge in [0.15, 0.2) is 9.84 Å². The van der Waals surface area contributed by atoms with Gasteiger partial charge in [0, 0.05) is 17.5 Å². The molecule has 166 valence electrons. The highest BCUT2D eigenvalue weighted by molar-refractivity contribution is 7.91. The number of hydrogen-bond donors (Lipinski definition) is 2. The fourth-order valence-corrected chi connectivity index (χ4v) is 6.02. The largest absolute Gasteiger partial charge is 0.378 e. The van der Waals surface area contributed by atoms with Crippen LogP contribution in [0.3, 0.4) is 0 Å². The predicted molar refractivity (Wildman–Crippen MR) is 119 cm³/mol. The van der Waals surface area contributed by atoms with Crippen molar-refractivity contribution in [2.45, 2.75) is 54.7 Å². The Morgan fingerprint density at radius 2 is 1.77 bits per heavy atom. The molecule has 0 spiro atoms. The van der Waals surface area contributed by atoms with Gasteiger partial charge in [0.2, 0.25) is 10.0 Å². The van der Waals surface area contributed by atoms with E-state index in [0.29, 0.717) is 24.8 Å². The predicted octanol–water partition coefficient (Wildman–Crippen LogP) is 3.15. The number of amides is 1. The topological polar surface area (TPSA) is 109 Å². The number of benzene rings is 2. The Hall–Kier alpha value is -2.39. The summed E-state index contributed by atoms with van der Waals surface area (Å²) in [7, 11) is -6.92. The van der Waals surface area contributed by atoms with Gasteiger partial charge in [0.1, 0.15) is 0 Å². The lowest BCUT2D eigenvalue weighted by molar-refractivity contribution is 0.0981. The summed E-state index contributed by atoms with van der Waals surface area (Å²) in [6.07, 6.45) is 3.05. The number of sulfonamides is 1. The fourth-order valence-electron chi connectivity index (χ4n) is 4.04. The van der Waals surface area contributed by atoms with Gasteiger partial charge >= 0.3 is 0 Å². The van der Waals surface area contributed by atoms with E-state index in [0.717, 1.165) is 16.8 Å². The quantitative estimate of drug-likeness (QED) is 0.706. The SMILES string of the molecule is CC1(C)CC(c2cccc(S(C)(=O)=O)c2)Nc2ccc(C(=O)NS(=O)(=O)C3CC3)cc21. The zero-order chi connectivity index (χ0) is 22.6. The van der Waals surface area contributed by atoms with E-state index in [9.17, 15) is 21.6 Å². The van der Waals surface area contributed by atoms with Crippen molar-refractivity contribution in [1.82, 2.24) is 4.72 Å². The first-order valence-electron chi connectivity index (χ1n) is 10.1. The lowest BCUT2D eigenvalue weighted by Gasteiger charge is -2.39. The fraction of sp³-hybridized carbons (Fsp3) is 0.409. The summed E-state index contributed by atoms with van der Waals surface area (Å²) in [6, 6.07) is 11.9. The first-order valence-corrected chi connectivity index (χ1v) is 13.6. The maximum absolute atomic E-state index is 12.5. The Bertz CT molecular complexity index is 1260. The summed E-state index contributed by atoms with van der Waals surface area (Å²) in [5.74, 6) is -0.617. The first-order chi connectivity index (χ1) is 14.4. The van der Waals surface area contributed by atoms with Crippen molar-refractivity contribution in [3.8, 4) is 0 Å². The Kier molecular flexibility index (Phi) is 5.17. The van der Waals surface area contributed by atoms with Crippen molar-refractivity contribution < 1.29 is 21.6 Å². The third-order valence-electron chi connectivity index (χ3n) is 5.94. The second-order valence-corrected chi connectivity index (χ2v) is 13.0. The number of fused-ring (bicyclic) bond motifs is 1. The van der Waals surface area contributed by atoms with Gasteiger partial charge in [-0.15, -0.1) is 0 Å². The smallest absolute Gasteiger partial charge is 0.264 e. The molecule has 0 radical (unpaired) electrons. The van der Waals surface area contributed by atoms with E-state index >= 15 is 0 Å². The van der Waals surface area contributed by atoms with Crippen molar-refractivity contribution >= 4 is 31.5 Å². The van der Waals surface area contributed by atoms with Gasteiger partial charge < -0.3 is 5.32 Å². The average Bonchev–Trinajstić information content (AvgIpc) is 3.52. The van der Waals surface area contributed by atoms with Crippen LogP contribution in [0, 0.1) is 0 Å². The number of carbonyl (C=O) groups is 1. The molecule has 1 atom stereocenters. The Morgan fingerprint density at radius 1 is 1.06 bits per heavy atom. The molecule has 31 heavy (non-hydrogen) atoms. The molecule has 2 aliphatic rings. The van der Waals surface area contributed by atoms with Crippen molar-refractivity contribution in [3.63, 3.8) is 0 Å². The summed E-state index contributed by atoms with van der Waals surface area (Å²) >= 11 is 0. The van der Waals surface area contributed by atoms with E-state index in [1.54, 1.807) is 36.4 Å².